The van der Waals surface area contributed by atoms with Crippen molar-refractivity contribution in [3.05, 3.63) is 31.1 Å². The summed E-state index contributed by atoms with van der Waals surface area (Å²) in [5, 5.41) is 0. The Morgan fingerprint density at radius 1 is 1.25 bits per heavy atom. The van der Waals surface area contributed by atoms with Gasteiger partial charge in [0, 0.05) is 11.7 Å². The Morgan fingerprint density at radius 3 is 2.40 bits per heavy atom. The quantitative estimate of drug-likeness (QED) is 0.624. The molecule has 5 heteroatoms. The van der Waals surface area contributed by atoms with Crippen LogP contribution in [0.3, 0.4) is 0 Å². The monoisotopic (exact) mass is 275 g/mol. The summed E-state index contributed by atoms with van der Waals surface area (Å²) in [6.07, 6.45) is 5.09. The maximum absolute atomic E-state index is 6.00. The topological polar surface area (TPSA) is 40.6 Å². The molecule has 20 heavy (non-hydrogen) atoms. The van der Waals surface area contributed by atoms with Crippen molar-refractivity contribution in [2.24, 2.45) is 0 Å². The predicted octanol–water partition coefficient (Wildman–Crippen LogP) is 2.33. The molecule has 0 aliphatic carbocycles. The molecule has 1 aliphatic heterocycles. The van der Waals surface area contributed by atoms with Crippen LogP contribution in [0.1, 0.15) is 34.6 Å². The van der Waals surface area contributed by atoms with E-state index in [-0.39, 0.29) is 17.3 Å². The molecule has 0 bridgehead atoms. The number of pyridine rings is 1. The molecule has 1 saturated heterocycles. The summed E-state index contributed by atoms with van der Waals surface area (Å²) in [6.45, 7) is 13.7. The van der Waals surface area contributed by atoms with E-state index in [1.165, 1.54) is 0 Å². The molecule has 108 valence electrons. The zero-order valence-corrected chi connectivity index (χ0v) is 12.8. The molecule has 4 nitrogen and oxygen atoms in total. The summed E-state index contributed by atoms with van der Waals surface area (Å²) >= 11 is 0. The Hall–Kier alpha value is -1.33. The van der Waals surface area contributed by atoms with Gasteiger partial charge in [0.15, 0.2) is 0 Å². The molecular formula is C15H22BNO3. The van der Waals surface area contributed by atoms with E-state index in [9.17, 15) is 0 Å². The summed E-state index contributed by atoms with van der Waals surface area (Å²) in [7, 11) is -0.421. The van der Waals surface area contributed by atoms with Crippen molar-refractivity contribution < 1.29 is 14.0 Å². The second kappa shape index (κ2) is 5.22. The zero-order valence-electron chi connectivity index (χ0n) is 12.8. The van der Waals surface area contributed by atoms with E-state index in [4.69, 9.17) is 14.0 Å². The highest BCUT2D eigenvalue weighted by Crippen LogP contribution is 2.36. The van der Waals surface area contributed by atoms with Crippen molar-refractivity contribution >= 4 is 12.6 Å². The molecule has 0 N–H and O–H groups in total. The molecule has 0 saturated carbocycles. The lowest BCUT2D eigenvalue weighted by molar-refractivity contribution is 0.00578. The molecule has 1 aromatic rings. The van der Waals surface area contributed by atoms with Crippen LogP contribution in [-0.4, -0.2) is 29.4 Å². The van der Waals surface area contributed by atoms with Gasteiger partial charge in [-0.15, -0.1) is 0 Å². The molecule has 1 unspecified atom stereocenters. The van der Waals surface area contributed by atoms with E-state index in [0.717, 1.165) is 5.46 Å². The van der Waals surface area contributed by atoms with Crippen LogP contribution >= 0.6 is 0 Å². The second-order valence-corrected chi connectivity index (χ2v) is 6.10. The molecule has 0 radical (unpaired) electrons. The highest BCUT2D eigenvalue weighted by Gasteiger charge is 2.51. The highest BCUT2D eigenvalue weighted by atomic mass is 16.7. The van der Waals surface area contributed by atoms with Gasteiger partial charge in [-0.1, -0.05) is 12.7 Å². The maximum Gasteiger partial charge on any atom is 0.496 e. The molecule has 1 fully saturated rings. The van der Waals surface area contributed by atoms with Crippen molar-refractivity contribution in [1.82, 2.24) is 4.98 Å². The van der Waals surface area contributed by atoms with Gasteiger partial charge in [0.1, 0.15) is 11.9 Å². The van der Waals surface area contributed by atoms with E-state index in [1.807, 2.05) is 40.7 Å². The van der Waals surface area contributed by atoms with Crippen molar-refractivity contribution in [2.45, 2.75) is 51.9 Å². The van der Waals surface area contributed by atoms with Crippen LogP contribution in [0.15, 0.2) is 31.1 Å². The van der Waals surface area contributed by atoms with E-state index in [2.05, 4.69) is 11.6 Å². The minimum absolute atomic E-state index is 0.0645. The lowest BCUT2D eigenvalue weighted by atomic mass is 9.80. The van der Waals surface area contributed by atoms with Crippen LogP contribution in [0, 0.1) is 0 Å². The fraction of sp³-hybridized carbons (Fsp3) is 0.533. The predicted molar refractivity (Wildman–Crippen MR) is 80.2 cm³/mol. The molecule has 0 aromatic carbocycles. The number of nitrogens with zero attached hydrogens (tertiary/aromatic N) is 1. The van der Waals surface area contributed by atoms with Gasteiger partial charge < -0.3 is 14.0 Å². The van der Waals surface area contributed by atoms with Crippen LogP contribution in [0.2, 0.25) is 0 Å². The van der Waals surface area contributed by atoms with Crippen molar-refractivity contribution in [3.63, 3.8) is 0 Å². The Morgan fingerprint density at radius 2 is 1.85 bits per heavy atom. The number of ether oxygens (including phenoxy) is 1. The van der Waals surface area contributed by atoms with Crippen LogP contribution in [0.25, 0.3) is 0 Å². The smallest absolute Gasteiger partial charge is 0.485 e. The Labute approximate surface area is 121 Å². The maximum atomic E-state index is 6.00. The van der Waals surface area contributed by atoms with Crippen LogP contribution < -0.4 is 10.2 Å². The fourth-order valence-electron chi connectivity index (χ4n) is 1.87. The van der Waals surface area contributed by atoms with Gasteiger partial charge in [0.05, 0.1) is 17.4 Å². The van der Waals surface area contributed by atoms with E-state index < -0.39 is 7.12 Å². The molecule has 0 spiro atoms. The standard InChI is InChI=1S/C15H22BNO3/c1-7-11(2)18-13-8-12(9-17-10-13)16-19-14(3,4)15(5,6)20-16/h7-11H,1H2,2-6H3. The molecular weight excluding hydrogens is 253 g/mol. The third-order valence-electron chi connectivity index (χ3n) is 3.91. The number of rotatable bonds is 4. The third kappa shape index (κ3) is 2.89. The average molecular weight is 275 g/mol. The largest absolute Gasteiger partial charge is 0.496 e. The highest BCUT2D eigenvalue weighted by molar-refractivity contribution is 6.62. The Bertz CT molecular complexity index is 486. The lowest BCUT2D eigenvalue weighted by Crippen LogP contribution is -2.41. The van der Waals surface area contributed by atoms with Crippen molar-refractivity contribution in [2.75, 3.05) is 0 Å². The van der Waals surface area contributed by atoms with Gasteiger partial charge in [-0.3, -0.25) is 4.98 Å². The average Bonchev–Trinajstić information content (AvgIpc) is 2.59. The van der Waals surface area contributed by atoms with Gasteiger partial charge in [0.2, 0.25) is 0 Å². The Kier molecular flexibility index (Phi) is 3.94. The number of hydrogen-bond acceptors (Lipinski definition) is 4. The normalized spacial score (nSPS) is 21.6. The summed E-state index contributed by atoms with van der Waals surface area (Å²) in [4.78, 5) is 4.19. The molecule has 1 atom stereocenters. The van der Waals surface area contributed by atoms with Gasteiger partial charge in [-0.25, -0.2) is 0 Å². The zero-order chi connectivity index (χ0) is 15.0. The molecule has 0 amide bonds. The van der Waals surface area contributed by atoms with Crippen molar-refractivity contribution in [3.8, 4) is 5.75 Å². The van der Waals surface area contributed by atoms with Crippen LogP contribution in [0.4, 0.5) is 0 Å². The first kappa shape index (κ1) is 15.1. The number of hydrogen-bond donors (Lipinski definition) is 0. The minimum Gasteiger partial charge on any atom is -0.485 e. The van der Waals surface area contributed by atoms with Crippen LogP contribution in [0.5, 0.6) is 5.75 Å². The van der Waals surface area contributed by atoms with Gasteiger partial charge in [-0.05, 0) is 40.7 Å². The van der Waals surface area contributed by atoms with Gasteiger partial charge in [-0.2, -0.15) is 0 Å². The molecule has 1 aliphatic rings. The minimum atomic E-state index is -0.421. The first-order valence-electron chi connectivity index (χ1n) is 6.85. The van der Waals surface area contributed by atoms with E-state index in [1.54, 1.807) is 18.5 Å². The molecule has 1 aromatic heterocycles. The molecule has 2 rings (SSSR count). The van der Waals surface area contributed by atoms with Crippen molar-refractivity contribution in [1.29, 1.82) is 0 Å². The SMILES string of the molecule is C=CC(C)Oc1cncc(B2OC(C)(C)C(C)(C)O2)c1. The van der Waals surface area contributed by atoms with E-state index >= 15 is 0 Å². The summed E-state index contributed by atoms with van der Waals surface area (Å²) in [6, 6.07) is 1.90. The molecule has 2 heterocycles. The first-order chi connectivity index (χ1) is 9.25. The number of aromatic nitrogens is 1. The lowest BCUT2D eigenvalue weighted by Gasteiger charge is -2.32. The second-order valence-electron chi connectivity index (χ2n) is 6.10. The van der Waals surface area contributed by atoms with E-state index in [0.29, 0.717) is 5.75 Å². The van der Waals surface area contributed by atoms with Crippen LogP contribution in [-0.2, 0) is 9.31 Å². The van der Waals surface area contributed by atoms with Gasteiger partial charge in [0.25, 0.3) is 0 Å². The summed E-state index contributed by atoms with van der Waals surface area (Å²) in [5.74, 6) is 0.685. The first-order valence-corrected chi connectivity index (χ1v) is 6.85. The Balaban J connectivity index is 2.19. The fourth-order valence-corrected chi connectivity index (χ4v) is 1.87. The third-order valence-corrected chi connectivity index (χ3v) is 3.91. The summed E-state index contributed by atoms with van der Waals surface area (Å²) in [5.41, 5.74) is 0.142. The van der Waals surface area contributed by atoms with Gasteiger partial charge >= 0.3 is 7.12 Å². The summed E-state index contributed by atoms with van der Waals surface area (Å²) < 4.78 is 17.7.